The van der Waals surface area contributed by atoms with E-state index in [1.807, 2.05) is 44.6 Å². The number of aromatic nitrogens is 2. The van der Waals surface area contributed by atoms with Crippen LogP contribution in [0.3, 0.4) is 0 Å². The smallest absolute Gasteiger partial charge is 0.126 e. The molecule has 5 heteroatoms. The predicted octanol–water partition coefficient (Wildman–Crippen LogP) is 1.94. The zero-order valence-corrected chi connectivity index (χ0v) is 12.9. The molecule has 0 spiro atoms. The minimum Gasteiger partial charge on any atom is -0.497 e. The van der Waals surface area contributed by atoms with E-state index in [2.05, 4.69) is 5.10 Å². The molecule has 2 aromatic rings. The number of nitrogens with zero attached hydrogens (tertiary/aromatic N) is 2. The van der Waals surface area contributed by atoms with Gasteiger partial charge in [-0.3, -0.25) is 4.68 Å². The van der Waals surface area contributed by atoms with Crippen LogP contribution in [0, 0.1) is 0 Å². The molecule has 0 saturated carbocycles. The van der Waals surface area contributed by atoms with Crippen molar-refractivity contribution in [2.45, 2.75) is 25.8 Å². The van der Waals surface area contributed by atoms with Gasteiger partial charge in [-0.2, -0.15) is 5.10 Å². The van der Waals surface area contributed by atoms with E-state index < -0.39 is 0 Å². The van der Waals surface area contributed by atoms with E-state index in [0.29, 0.717) is 6.61 Å². The van der Waals surface area contributed by atoms with Gasteiger partial charge < -0.3 is 15.2 Å². The van der Waals surface area contributed by atoms with Crippen molar-refractivity contribution in [3.05, 3.63) is 41.7 Å². The minimum atomic E-state index is 0.0964. The number of aryl methyl sites for hydroxylation is 1. The fourth-order valence-electron chi connectivity index (χ4n) is 2.19. The van der Waals surface area contributed by atoms with Crippen LogP contribution in [0.4, 0.5) is 0 Å². The summed E-state index contributed by atoms with van der Waals surface area (Å²) in [6.45, 7) is 2.59. The fraction of sp³-hybridized carbons (Fsp3) is 0.438. The zero-order chi connectivity index (χ0) is 15.2. The normalized spacial score (nSPS) is 12.2. The highest BCUT2D eigenvalue weighted by molar-refractivity contribution is 5.41. The molecule has 1 heterocycles. The summed E-state index contributed by atoms with van der Waals surface area (Å²) < 4.78 is 13.0. The van der Waals surface area contributed by atoms with Gasteiger partial charge in [-0.15, -0.1) is 0 Å². The highest BCUT2D eigenvalue weighted by atomic mass is 16.5. The van der Waals surface area contributed by atoms with E-state index in [1.165, 1.54) is 0 Å². The maximum absolute atomic E-state index is 5.92. The van der Waals surface area contributed by atoms with Crippen LogP contribution in [0.1, 0.15) is 18.1 Å². The van der Waals surface area contributed by atoms with Gasteiger partial charge in [0.1, 0.15) is 11.5 Å². The molecule has 1 aromatic heterocycles. The molecule has 0 aliphatic carbocycles. The Morgan fingerprint density at radius 1 is 1.38 bits per heavy atom. The summed E-state index contributed by atoms with van der Waals surface area (Å²) in [5, 5.41) is 4.15. The van der Waals surface area contributed by atoms with E-state index in [4.69, 9.17) is 15.2 Å². The van der Waals surface area contributed by atoms with Crippen molar-refractivity contribution < 1.29 is 9.47 Å². The predicted molar refractivity (Wildman–Crippen MR) is 82.8 cm³/mol. The fourth-order valence-corrected chi connectivity index (χ4v) is 2.19. The summed E-state index contributed by atoms with van der Waals surface area (Å²) in [6, 6.07) is 5.97. The van der Waals surface area contributed by atoms with Gasteiger partial charge in [-0.25, -0.2) is 0 Å². The molecule has 21 heavy (non-hydrogen) atoms. The van der Waals surface area contributed by atoms with E-state index in [1.54, 1.807) is 11.8 Å². The number of hydrogen-bond acceptors (Lipinski definition) is 4. The Kier molecular flexibility index (Phi) is 5.22. The lowest BCUT2D eigenvalue weighted by molar-refractivity contribution is 0.315. The van der Waals surface area contributed by atoms with Gasteiger partial charge in [0.25, 0.3) is 0 Å². The van der Waals surface area contributed by atoms with Gasteiger partial charge >= 0.3 is 0 Å². The summed E-state index contributed by atoms with van der Waals surface area (Å²) in [5.41, 5.74) is 8.16. The number of methoxy groups -OCH3 is 1. The van der Waals surface area contributed by atoms with E-state index in [0.717, 1.165) is 35.5 Å². The second-order valence-electron chi connectivity index (χ2n) is 5.28. The minimum absolute atomic E-state index is 0.0964. The molecule has 0 fully saturated rings. The second kappa shape index (κ2) is 7.13. The molecule has 5 nitrogen and oxygen atoms in total. The van der Waals surface area contributed by atoms with Crippen LogP contribution in [0.15, 0.2) is 30.6 Å². The largest absolute Gasteiger partial charge is 0.497 e. The van der Waals surface area contributed by atoms with Crippen molar-refractivity contribution in [1.82, 2.24) is 9.78 Å². The first-order valence-electron chi connectivity index (χ1n) is 7.11. The van der Waals surface area contributed by atoms with Crippen molar-refractivity contribution >= 4 is 0 Å². The first kappa shape index (κ1) is 15.4. The van der Waals surface area contributed by atoms with Gasteiger partial charge in [-0.05, 0) is 30.5 Å². The first-order valence-corrected chi connectivity index (χ1v) is 7.11. The number of hydrogen-bond donors (Lipinski definition) is 1. The van der Waals surface area contributed by atoms with Crippen LogP contribution in [-0.2, 0) is 19.9 Å². The molecule has 2 N–H and O–H groups in total. The Morgan fingerprint density at radius 2 is 2.19 bits per heavy atom. The van der Waals surface area contributed by atoms with Crippen LogP contribution in [0.2, 0.25) is 0 Å². The molecule has 1 unspecified atom stereocenters. The number of nitrogens with two attached hydrogens (primary N) is 1. The Labute approximate surface area is 125 Å². The van der Waals surface area contributed by atoms with Crippen LogP contribution >= 0.6 is 0 Å². The van der Waals surface area contributed by atoms with Gasteiger partial charge in [0.05, 0.1) is 19.9 Å². The maximum Gasteiger partial charge on any atom is 0.126 e. The van der Waals surface area contributed by atoms with Crippen molar-refractivity contribution in [3.8, 4) is 11.5 Å². The van der Waals surface area contributed by atoms with Gasteiger partial charge in [0.2, 0.25) is 0 Å². The highest BCUT2D eigenvalue weighted by Crippen LogP contribution is 2.26. The Hall–Kier alpha value is -2.01. The van der Waals surface area contributed by atoms with Gasteiger partial charge in [0, 0.05) is 31.8 Å². The third kappa shape index (κ3) is 4.49. The van der Waals surface area contributed by atoms with Crippen molar-refractivity contribution in [1.29, 1.82) is 0 Å². The molecule has 0 aliphatic rings. The highest BCUT2D eigenvalue weighted by Gasteiger charge is 2.08. The summed E-state index contributed by atoms with van der Waals surface area (Å²) in [7, 11) is 3.56. The third-order valence-electron chi connectivity index (χ3n) is 3.22. The quantitative estimate of drug-likeness (QED) is 0.846. The molecule has 1 atom stereocenters. The van der Waals surface area contributed by atoms with E-state index >= 15 is 0 Å². The molecule has 114 valence electrons. The SMILES string of the molecule is COc1ccc(CC(C)N)c(OCCc2cnn(C)c2)c1. The Balaban J connectivity index is 2.02. The van der Waals surface area contributed by atoms with E-state index in [9.17, 15) is 0 Å². The molecular formula is C16H23N3O2. The van der Waals surface area contributed by atoms with Gasteiger partial charge in [0.15, 0.2) is 0 Å². The monoisotopic (exact) mass is 289 g/mol. The number of rotatable bonds is 7. The number of benzene rings is 1. The lowest BCUT2D eigenvalue weighted by Gasteiger charge is -2.14. The average molecular weight is 289 g/mol. The van der Waals surface area contributed by atoms with Crippen molar-refractivity contribution in [2.75, 3.05) is 13.7 Å². The molecule has 0 aliphatic heterocycles. The summed E-state index contributed by atoms with van der Waals surface area (Å²) >= 11 is 0. The summed E-state index contributed by atoms with van der Waals surface area (Å²) in [6.07, 6.45) is 5.46. The lowest BCUT2D eigenvalue weighted by Crippen LogP contribution is -2.18. The standard InChI is InChI=1S/C16H23N3O2/c1-12(17)8-14-4-5-15(20-3)9-16(14)21-7-6-13-10-18-19(2)11-13/h4-5,9-12H,6-8,17H2,1-3H3. The Morgan fingerprint density at radius 3 is 2.81 bits per heavy atom. The average Bonchev–Trinajstić information content (AvgIpc) is 2.85. The van der Waals surface area contributed by atoms with Crippen molar-refractivity contribution in [3.63, 3.8) is 0 Å². The van der Waals surface area contributed by atoms with Gasteiger partial charge in [-0.1, -0.05) is 6.07 Å². The molecule has 0 radical (unpaired) electrons. The van der Waals surface area contributed by atoms with Crippen LogP contribution in [0.5, 0.6) is 11.5 Å². The molecule has 0 saturated heterocycles. The summed E-state index contributed by atoms with van der Waals surface area (Å²) in [5.74, 6) is 1.63. The van der Waals surface area contributed by atoms with Crippen molar-refractivity contribution in [2.24, 2.45) is 12.8 Å². The molecular weight excluding hydrogens is 266 g/mol. The second-order valence-corrected chi connectivity index (χ2v) is 5.28. The van der Waals surface area contributed by atoms with Crippen LogP contribution < -0.4 is 15.2 Å². The Bertz CT molecular complexity index is 579. The number of ether oxygens (including phenoxy) is 2. The molecule has 0 amide bonds. The van der Waals surface area contributed by atoms with E-state index in [-0.39, 0.29) is 6.04 Å². The topological polar surface area (TPSA) is 62.3 Å². The molecule has 2 rings (SSSR count). The first-order chi connectivity index (χ1) is 10.1. The molecule has 0 bridgehead atoms. The van der Waals surface area contributed by atoms with Crippen LogP contribution in [-0.4, -0.2) is 29.5 Å². The third-order valence-corrected chi connectivity index (χ3v) is 3.22. The zero-order valence-electron chi connectivity index (χ0n) is 12.9. The lowest BCUT2D eigenvalue weighted by atomic mass is 10.1. The molecule has 1 aromatic carbocycles. The summed E-state index contributed by atoms with van der Waals surface area (Å²) in [4.78, 5) is 0. The maximum atomic E-state index is 5.92. The van der Waals surface area contributed by atoms with Crippen LogP contribution in [0.25, 0.3) is 0 Å².